The summed E-state index contributed by atoms with van der Waals surface area (Å²) < 4.78 is 28.8. The Morgan fingerprint density at radius 3 is 2.17 bits per heavy atom. The van der Waals surface area contributed by atoms with Gasteiger partial charge in [-0.1, -0.05) is 47.2 Å². The molecule has 102 valence electrons. The van der Waals surface area contributed by atoms with Crippen LogP contribution in [0, 0.1) is 6.92 Å². The van der Waals surface area contributed by atoms with Gasteiger partial charge in [0.15, 0.2) is 0 Å². The van der Waals surface area contributed by atoms with Crippen LogP contribution in [0.15, 0.2) is 29.2 Å². The van der Waals surface area contributed by atoms with Crippen LogP contribution in [0.4, 0.5) is 0 Å². The van der Waals surface area contributed by atoms with Crippen LogP contribution in [-0.4, -0.2) is 29.7 Å². The van der Waals surface area contributed by atoms with Crippen LogP contribution >= 0.6 is 22.6 Å². The van der Waals surface area contributed by atoms with E-state index in [-0.39, 0.29) is 8.82 Å². The quantitative estimate of drug-likeness (QED) is 0.481. The fourth-order valence-corrected chi connectivity index (χ4v) is 3.07. The first-order valence-electron chi connectivity index (χ1n) is 5.56. The number of benzene rings is 1. The molecule has 1 N–H and O–H groups in total. The summed E-state index contributed by atoms with van der Waals surface area (Å²) in [7, 11) is -3.82. The Hall–Kier alpha value is -0.180. The van der Waals surface area contributed by atoms with E-state index in [4.69, 9.17) is 4.18 Å². The Labute approximate surface area is 122 Å². The standard InChI is InChI=1S/C12H17IO4S/c1-8-4-6-11(7-5-8)18(15,16)17-10(3)12(14)9(2)13/h4-7,9-10,12,14H,1-3H3/t9-,10+,12-/m0/s1. The van der Waals surface area contributed by atoms with Crippen LogP contribution in [0.25, 0.3) is 0 Å². The number of alkyl halides is 1. The lowest BCUT2D eigenvalue weighted by atomic mass is 10.2. The molecule has 1 aromatic rings. The molecule has 0 aliphatic rings. The van der Waals surface area contributed by atoms with E-state index in [0.29, 0.717) is 0 Å². The Kier molecular flexibility index (Phi) is 5.57. The third kappa shape index (κ3) is 4.18. The summed E-state index contributed by atoms with van der Waals surface area (Å²) in [6.07, 6.45) is -1.60. The smallest absolute Gasteiger partial charge is 0.297 e. The van der Waals surface area contributed by atoms with E-state index in [1.165, 1.54) is 12.1 Å². The lowest BCUT2D eigenvalue weighted by Crippen LogP contribution is -2.34. The van der Waals surface area contributed by atoms with E-state index in [9.17, 15) is 13.5 Å². The van der Waals surface area contributed by atoms with E-state index >= 15 is 0 Å². The molecule has 0 unspecified atom stereocenters. The van der Waals surface area contributed by atoms with Crippen LogP contribution in [0.1, 0.15) is 19.4 Å². The molecule has 0 amide bonds. The fourth-order valence-electron chi connectivity index (χ4n) is 1.39. The highest BCUT2D eigenvalue weighted by atomic mass is 127. The third-order valence-electron chi connectivity index (χ3n) is 2.54. The zero-order valence-corrected chi connectivity index (χ0v) is 13.5. The predicted octanol–water partition coefficient (Wildman–Crippen LogP) is 2.27. The van der Waals surface area contributed by atoms with Gasteiger partial charge < -0.3 is 5.11 Å². The molecule has 1 rings (SSSR count). The minimum Gasteiger partial charge on any atom is -0.389 e. The second-order valence-electron chi connectivity index (χ2n) is 4.24. The second-order valence-corrected chi connectivity index (χ2v) is 7.77. The molecular formula is C12H17IO4S. The molecule has 0 spiro atoms. The van der Waals surface area contributed by atoms with Crippen molar-refractivity contribution in [1.29, 1.82) is 0 Å². The first kappa shape index (κ1) is 15.9. The minimum atomic E-state index is -3.82. The maximum Gasteiger partial charge on any atom is 0.297 e. The summed E-state index contributed by atoms with van der Waals surface area (Å²) in [6, 6.07) is 6.41. The first-order valence-corrected chi connectivity index (χ1v) is 8.21. The maximum atomic E-state index is 11.9. The number of halogens is 1. The molecule has 18 heavy (non-hydrogen) atoms. The fraction of sp³-hybridized carbons (Fsp3) is 0.500. The molecule has 0 radical (unpaired) electrons. The molecule has 0 aliphatic carbocycles. The van der Waals surface area contributed by atoms with Crippen molar-refractivity contribution in [3.8, 4) is 0 Å². The van der Waals surface area contributed by atoms with Crippen molar-refractivity contribution in [2.45, 2.75) is 41.8 Å². The van der Waals surface area contributed by atoms with E-state index in [0.717, 1.165) is 5.56 Å². The second kappa shape index (κ2) is 6.31. The highest BCUT2D eigenvalue weighted by molar-refractivity contribution is 14.1. The van der Waals surface area contributed by atoms with Gasteiger partial charge in [-0.2, -0.15) is 8.42 Å². The molecule has 1 aromatic carbocycles. The number of aryl methyl sites for hydroxylation is 1. The molecule has 3 atom stereocenters. The largest absolute Gasteiger partial charge is 0.389 e. The van der Waals surface area contributed by atoms with Crippen molar-refractivity contribution >= 4 is 32.7 Å². The van der Waals surface area contributed by atoms with Gasteiger partial charge in [0.25, 0.3) is 10.1 Å². The Morgan fingerprint density at radius 2 is 1.72 bits per heavy atom. The van der Waals surface area contributed by atoms with Crippen molar-refractivity contribution < 1.29 is 17.7 Å². The average Bonchev–Trinajstić information content (AvgIpc) is 2.27. The molecule has 0 saturated carbocycles. The lowest BCUT2D eigenvalue weighted by molar-refractivity contribution is 0.0557. The zero-order valence-electron chi connectivity index (χ0n) is 10.5. The van der Waals surface area contributed by atoms with Gasteiger partial charge in [-0.05, 0) is 26.0 Å². The van der Waals surface area contributed by atoms with Gasteiger partial charge in [-0.3, -0.25) is 4.18 Å². The number of hydrogen-bond donors (Lipinski definition) is 1. The number of rotatable bonds is 5. The van der Waals surface area contributed by atoms with Crippen molar-refractivity contribution in [3.63, 3.8) is 0 Å². The third-order valence-corrected chi connectivity index (χ3v) is 4.68. The molecule has 0 aliphatic heterocycles. The Morgan fingerprint density at radius 1 is 1.22 bits per heavy atom. The van der Waals surface area contributed by atoms with E-state index in [1.54, 1.807) is 26.0 Å². The van der Waals surface area contributed by atoms with Crippen molar-refractivity contribution in [2.75, 3.05) is 0 Å². The lowest BCUT2D eigenvalue weighted by Gasteiger charge is -2.21. The zero-order chi connectivity index (χ0) is 13.9. The predicted molar refractivity (Wildman–Crippen MR) is 78.4 cm³/mol. The van der Waals surface area contributed by atoms with Gasteiger partial charge in [-0.25, -0.2) is 0 Å². The summed E-state index contributed by atoms with van der Waals surface area (Å²) in [5.41, 5.74) is 0.975. The highest BCUT2D eigenvalue weighted by Crippen LogP contribution is 2.19. The molecule has 6 heteroatoms. The van der Waals surface area contributed by atoms with Gasteiger partial charge in [-0.15, -0.1) is 0 Å². The van der Waals surface area contributed by atoms with Crippen molar-refractivity contribution in [2.24, 2.45) is 0 Å². The molecule has 0 saturated heterocycles. The summed E-state index contributed by atoms with van der Waals surface area (Å²) in [6.45, 7) is 5.22. The molecule has 0 heterocycles. The van der Waals surface area contributed by atoms with E-state index in [1.807, 2.05) is 29.5 Å². The Balaban J connectivity index is 2.85. The molecule has 4 nitrogen and oxygen atoms in total. The van der Waals surface area contributed by atoms with Gasteiger partial charge in [0.05, 0.1) is 11.0 Å². The van der Waals surface area contributed by atoms with Crippen LogP contribution in [0.3, 0.4) is 0 Å². The van der Waals surface area contributed by atoms with Gasteiger partial charge >= 0.3 is 0 Å². The SMILES string of the molecule is Cc1ccc(S(=O)(=O)O[C@H](C)[C@@H](O)[C@H](C)I)cc1. The maximum absolute atomic E-state index is 11.9. The Bertz CT molecular complexity index is 481. The summed E-state index contributed by atoms with van der Waals surface area (Å²) in [5.74, 6) is 0. The van der Waals surface area contributed by atoms with E-state index < -0.39 is 22.3 Å². The monoisotopic (exact) mass is 384 g/mol. The summed E-state index contributed by atoms with van der Waals surface area (Å²) >= 11 is 2.03. The first-order chi connectivity index (χ1) is 8.24. The van der Waals surface area contributed by atoms with Crippen molar-refractivity contribution in [3.05, 3.63) is 29.8 Å². The van der Waals surface area contributed by atoms with Gasteiger partial charge in [0.1, 0.15) is 6.10 Å². The molecule has 0 bridgehead atoms. The molecule has 0 fully saturated rings. The van der Waals surface area contributed by atoms with Crippen molar-refractivity contribution in [1.82, 2.24) is 0 Å². The normalized spacial score (nSPS) is 17.2. The summed E-state index contributed by atoms with van der Waals surface area (Å²) in [4.78, 5) is 0.105. The number of hydrogen-bond acceptors (Lipinski definition) is 4. The topological polar surface area (TPSA) is 63.6 Å². The molecule has 0 aromatic heterocycles. The van der Waals surface area contributed by atoms with Gasteiger partial charge in [0, 0.05) is 3.92 Å². The van der Waals surface area contributed by atoms with Gasteiger partial charge in [0.2, 0.25) is 0 Å². The van der Waals surface area contributed by atoms with Crippen LogP contribution in [0.2, 0.25) is 0 Å². The molecular weight excluding hydrogens is 367 g/mol. The number of aliphatic hydroxyl groups excluding tert-OH is 1. The number of aliphatic hydroxyl groups is 1. The highest BCUT2D eigenvalue weighted by Gasteiger charge is 2.26. The van der Waals surface area contributed by atoms with E-state index in [2.05, 4.69) is 0 Å². The van der Waals surface area contributed by atoms with Crippen LogP contribution < -0.4 is 0 Å². The average molecular weight is 384 g/mol. The summed E-state index contributed by atoms with van der Waals surface area (Å²) in [5, 5.41) is 9.75. The van der Waals surface area contributed by atoms with Crippen LogP contribution in [-0.2, 0) is 14.3 Å². The van der Waals surface area contributed by atoms with Crippen LogP contribution in [0.5, 0.6) is 0 Å². The minimum absolute atomic E-state index is 0.0918.